The van der Waals surface area contributed by atoms with E-state index in [1.807, 2.05) is 0 Å². The van der Waals surface area contributed by atoms with E-state index in [1.165, 1.54) is 0 Å². The van der Waals surface area contributed by atoms with Gasteiger partial charge in [0, 0.05) is 26.6 Å². The Labute approximate surface area is 77.5 Å². The van der Waals surface area contributed by atoms with Crippen LogP contribution in [0.1, 0.15) is 11.9 Å². The fourth-order valence-electron chi connectivity index (χ4n) is 1.11. The number of nitrogens with zero attached hydrogens (tertiary/aromatic N) is 1. The Balaban J connectivity index is 2.96. The molecule has 0 saturated heterocycles. The molecule has 0 aliphatic rings. The SMILES string of the molecule is COc1ccncc1C(OC)OC. The highest BCUT2D eigenvalue weighted by Gasteiger charge is 2.13. The molecule has 1 aromatic heterocycles. The second-order valence-corrected chi connectivity index (χ2v) is 2.42. The first-order valence-corrected chi connectivity index (χ1v) is 3.87. The third-order valence-corrected chi connectivity index (χ3v) is 1.71. The quantitative estimate of drug-likeness (QED) is 0.661. The molecule has 0 radical (unpaired) electrons. The summed E-state index contributed by atoms with van der Waals surface area (Å²) in [6.07, 6.45) is 2.89. The van der Waals surface area contributed by atoms with Crippen LogP contribution in [-0.2, 0) is 9.47 Å². The Morgan fingerprint density at radius 1 is 1.23 bits per heavy atom. The molecule has 0 spiro atoms. The van der Waals surface area contributed by atoms with E-state index < -0.39 is 6.29 Å². The number of rotatable bonds is 4. The van der Waals surface area contributed by atoms with Crippen molar-refractivity contribution in [2.75, 3.05) is 21.3 Å². The summed E-state index contributed by atoms with van der Waals surface area (Å²) >= 11 is 0. The fourth-order valence-corrected chi connectivity index (χ4v) is 1.11. The number of methoxy groups -OCH3 is 3. The summed E-state index contributed by atoms with van der Waals surface area (Å²) in [7, 11) is 4.74. The molecule has 0 aromatic carbocycles. The zero-order chi connectivity index (χ0) is 9.68. The summed E-state index contributed by atoms with van der Waals surface area (Å²) in [6.45, 7) is 0. The van der Waals surface area contributed by atoms with Crippen LogP contribution in [0.5, 0.6) is 5.75 Å². The topological polar surface area (TPSA) is 40.6 Å². The summed E-state index contributed by atoms with van der Waals surface area (Å²) in [5, 5.41) is 0. The van der Waals surface area contributed by atoms with Crippen LogP contribution in [0.2, 0.25) is 0 Å². The smallest absolute Gasteiger partial charge is 0.188 e. The number of pyridine rings is 1. The average molecular weight is 183 g/mol. The van der Waals surface area contributed by atoms with Crippen LogP contribution in [0.4, 0.5) is 0 Å². The fraction of sp³-hybridized carbons (Fsp3) is 0.444. The van der Waals surface area contributed by atoms with Crippen molar-refractivity contribution in [3.8, 4) is 5.75 Å². The zero-order valence-corrected chi connectivity index (χ0v) is 7.98. The molecule has 0 N–H and O–H groups in total. The van der Waals surface area contributed by atoms with E-state index in [1.54, 1.807) is 39.8 Å². The van der Waals surface area contributed by atoms with E-state index in [-0.39, 0.29) is 0 Å². The van der Waals surface area contributed by atoms with Crippen molar-refractivity contribution in [2.24, 2.45) is 0 Å². The number of hydrogen-bond acceptors (Lipinski definition) is 4. The van der Waals surface area contributed by atoms with Crippen LogP contribution < -0.4 is 4.74 Å². The first kappa shape index (κ1) is 9.95. The van der Waals surface area contributed by atoms with Gasteiger partial charge in [-0.2, -0.15) is 0 Å². The minimum absolute atomic E-state index is 0.427. The van der Waals surface area contributed by atoms with Gasteiger partial charge < -0.3 is 14.2 Å². The molecular formula is C9H13NO3. The van der Waals surface area contributed by atoms with Crippen molar-refractivity contribution in [2.45, 2.75) is 6.29 Å². The van der Waals surface area contributed by atoms with Crippen LogP contribution >= 0.6 is 0 Å². The van der Waals surface area contributed by atoms with Gasteiger partial charge in [0.05, 0.1) is 12.7 Å². The summed E-state index contributed by atoms with van der Waals surface area (Å²) in [5.74, 6) is 0.712. The maximum absolute atomic E-state index is 5.13. The Morgan fingerprint density at radius 2 is 1.92 bits per heavy atom. The van der Waals surface area contributed by atoms with Crippen molar-refractivity contribution in [1.29, 1.82) is 0 Å². The van der Waals surface area contributed by atoms with Crippen LogP contribution in [-0.4, -0.2) is 26.3 Å². The predicted octanol–water partition coefficient (Wildman–Crippen LogP) is 1.38. The lowest BCUT2D eigenvalue weighted by Gasteiger charge is -2.15. The lowest BCUT2D eigenvalue weighted by atomic mass is 10.2. The number of aromatic nitrogens is 1. The van der Waals surface area contributed by atoms with E-state index in [0.29, 0.717) is 5.75 Å². The first-order chi connectivity index (χ1) is 6.33. The van der Waals surface area contributed by atoms with Crippen molar-refractivity contribution >= 4 is 0 Å². The van der Waals surface area contributed by atoms with E-state index in [0.717, 1.165) is 5.56 Å². The van der Waals surface area contributed by atoms with Gasteiger partial charge in [-0.1, -0.05) is 0 Å². The molecule has 0 aliphatic heterocycles. The van der Waals surface area contributed by atoms with Gasteiger partial charge in [-0.05, 0) is 6.07 Å². The van der Waals surface area contributed by atoms with Gasteiger partial charge in [-0.25, -0.2) is 0 Å². The van der Waals surface area contributed by atoms with E-state index >= 15 is 0 Å². The van der Waals surface area contributed by atoms with Crippen molar-refractivity contribution in [3.63, 3.8) is 0 Å². The van der Waals surface area contributed by atoms with Crippen molar-refractivity contribution in [3.05, 3.63) is 24.0 Å². The zero-order valence-electron chi connectivity index (χ0n) is 7.98. The Kier molecular flexibility index (Phi) is 3.67. The summed E-state index contributed by atoms with van der Waals surface area (Å²) in [4.78, 5) is 3.97. The minimum Gasteiger partial charge on any atom is -0.496 e. The third kappa shape index (κ3) is 2.17. The van der Waals surface area contributed by atoms with Gasteiger partial charge in [0.15, 0.2) is 6.29 Å². The molecular weight excluding hydrogens is 170 g/mol. The molecule has 1 heterocycles. The maximum Gasteiger partial charge on any atom is 0.188 e. The summed E-state index contributed by atoms with van der Waals surface area (Å²) in [5.41, 5.74) is 0.787. The van der Waals surface area contributed by atoms with E-state index in [4.69, 9.17) is 14.2 Å². The van der Waals surface area contributed by atoms with Crippen LogP contribution in [0.15, 0.2) is 18.5 Å². The first-order valence-electron chi connectivity index (χ1n) is 3.87. The third-order valence-electron chi connectivity index (χ3n) is 1.71. The predicted molar refractivity (Wildman–Crippen MR) is 47.5 cm³/mol. The second kappa shape index (κ2) is 4.79. The standard InChI is InChI=1S/C9H13NO3/c1-11-8-4-5-10-6-7(8)9(12-2)13-3/h4-6,9H,1-3H3. The van der Waals surface area contributed by atoms with Gasteiger partial charge in [0.25, 0.3) is 0 Å². The Hall–Kier alpha value is -1.13. The van der Waals surface area contributed by atoms with E-state index in [9.17, 15) is 0 Å². The molecule has 0 saturated carbocycles. The normalized spacial score (nSPS) is 10.5. The average Bonchev–Trinajstić information content (AvgIpc) is 2.20. The van der Waals surface area contributed by atoms with Crippen molar-refractivity contribution in [1.82, 2.24) is 4.98 Å². The Bertz CT molecular complexity index is 261. The van der Waals surface area contributed by atoms with Crippen LogP contribution in [0, 0.1) is 0 Å². The molecule has 1 aromatic rings. The van der Waals surface area contributed by atoms with Gasteiger partial charge in [-0.3, -0.25) is 4.98 Å². The second-order valence-electron chi connectivity index (χ2n) is 2.42. The highest BCUT2D eigenvalue weighted by molar-refractivity contribution is 5.30. The van der Waals surface area contributed by atoms with Gasteiger partial charge in [0.1, 0.15) is 5.75 Å². The van der Waals surface area contributed by atoms with Gasteiger partial charge >= 0.3 is 0 Å². The molecule has 0 atom stereocenters. The highest BCUT2D eigenvalue weighted by atomic mass is 16.7. The van der Waals surface area contributed by atoms with Gasteiger partial charge in [0.2, 0.25) is 0 Å². The monoisotopic (exact) mass is 183 g/mol. The lowest BCUT2D eigenvalue weighted by molar-refractivity contribution is -0.107. The Morgan fingerprint density at radius 3 is 2.46 bits per heavy atom. The molecule has 4 heteroatoms. The van der Waals surface area contributed by atoms with Gasteiger partial charge in [-0.15, -0.1) is 0 Å². The molecule has 4 nitrogen and oxygen atoms in total. The van der Waals surface area contributed by atoms with E-state index in [2.05, 4.69) is 4.98 Å². The van der Waals surface area contributed by atoms with Crippen molar-refractivity contribution < 1.29 is 14.2 Å². The molecule has 0 amide bonds. The van der Waals surface area contributed by atoms with Crippen LogP contribution in [0.3, 0.4) is 0 Å². The van der Waals surface area contributed by atoms with Crippen LogP contribution in [0.25, 0.3) is 0 Å². The number of ether oxygens (including phenoxy) is 3. The highest BCUT2D eigenvalue weighted by Crippen LogP contribution is 2.25. The molecule has 0 unspecified atom stereocenters. The molecule has 0 aliphatic carbocycles. The molecule has 0 bridgehead atoms. The lowest BCUT2D eigenvalue weighted by Crippen LogP contribution is -2.05. The summed E-state index contributed by atoms with van der Waals surface area (Å²) < 4.78 is 15.3. The maximum atomic E-state index is 5.13. The molecule has 72 valence electrons. The molecule has 13 heavy (non-hydrogen) atoms. The minimum atomic E-state index is -0.427. The molecule has 0 fully saturated rings. The molecule has 1 rings (SSSR count). The summed E-state index contributed by atoms with van der Waals surface area (Å²) in [6, 6.07) is 1.76. The largest absolute Gasteiger partial charge is 0.496 e. The number of hydrogen-bond donors (Lipinski definition) is 0.